The number of benzene rings is 8. The summed E-state index contributed by atoms with van der Waals surface area (Å²) in [7, 11) is 0. The van der Waals surface area contributed by atoms with Crippen LogP contribution in [0.25, 0.3) is 111 Å². The zero-order valence-corrected chi connectivity index (χ0v) is 33.5. The van der Waals surface area contributed by atoms with Gasteiger partial charge in [0.2, 0.25) is 0 Å². The van der Waals surface area contributed by atoms with Crippen molar-refractivity contribution in [1.82, 2.24) is 29.9 Å². The van der Waals surface area contributed by atoms with Crippen molar-refractivity contribution >= 4 is 31.5 Å². The molecule has 0 saturated heterocycles. The van der Waals surface area contributed by atoms with Gasteiger partial charge in [0.1, 0.15) is 0 Å². The lowest BCUT2D eigenvalue weighted by Gasteiger charge is -2.16. The van der Waals surface area contributed by atoms with Gasteiger partial charge in [0.05, 0.1) is 0 Å². The Balaban J connectivity index is 1.22. The Labute approximate surface area is 356 Å². The van der Waals surface area contributed by atoms with Crippen molar-refractivity contribution in [1.29, 1.82) is 0 Å². The second-order valence-corrected chi connectivity index (χ2v) is 15.8. The minimum Gasteiger partial charge on any atom is -0.208 e. The highest BCUT2D eigenvalue weighted by Crippen LogP contribution is 2.46. The lowest BCUT2D eigenvalue weighted by Crippen LogP contribution is -2.03. The first-order valence-electron chi connectivity index (χ1n) is 20.1. The summed E-state index contributed by atoms with van der Waals surface area (Å²) in [6.07, 6.45) is 0. The Morgan fingerprint density at radius 2 is 0.639 bits per heavy atom. The molecule has 7 heteroatoms. The quantitative estimate of drug-likeness (QED) is 0.152. The second kappa shape index (κ2) is 15.6. The van der Waals surface area contributed by atoms with E-state index in [1.165, 1.54) is 20.2 Å². The molecule has 0 amide bonds. The molecule has 0 unspecified atom stereocenters. The summed E-state index contributed by atoms with van der Waals surface area (Å²) < 4.78 is 2.43. The minimum atomic E-state index is 0.544. The van der Waals surface area contributed by atoms with Gasteiger partial charge >= 0.3 is 0 Å². The molecule has 0 fully saturated rings. The molecule has 0 spiro atoms. The van der Waals surface area contributed by atoms with E-state index in [0.717, 1.165) is 55.6 Å². The Morgan fingerprint density at radius 1 is 0.246 bits per heavy atom. The normalized spacial score (nSPS) is 11.3. The summed E-state index contributed by atoms with van der Waals surface area (Å²) in [6.45, 7) is 0. The van der Waals surface area contributed by atoms with Crippen LogP contribution in [0.3, 0.4) is 0 Å². The van der Waals surface area contributed by atoms with Gasteiger partial charge in [0, 0.05) is 53.6 Å². The van der Waals surface area contributed by atoms with Crippen LogP contribution in [0.4, 0.5) is 0 Å². The summed E-state index contributed by atoms with van der Waals surface area (Å²) in [6, 6.07) is 70.6. The molecule has 0 aliphatic heterocycles. The monoisotopic (exact) mass is 798 g/mol. The fourth-order valence-corrected chi connectivity index (χ4v) is 9.01. The Morgan fingerprint density at radius 3 is 1.13 bits per heavy atom. The molecule has 3 aromatic heterocycles. The van der Waals surface area contributed by atoms with E-state index in [2.05, 4.69) is 84.9 Å². The molecule has 6 nitrogen and oxygen atoms in total. The molecule has 0 N–H and O–H groups in total. The van der Waals surface area contributed by atoms with Gasteiger partial charge in [-0.15, -0.1) is 11.3 Å². The largest absolute Gasteiger partial charge is 0.208 e. The lowest BCUT2D eigenvalue weighted by molar-refractivity contribution is 1.07. The molecule has 11 rings (SSSR count). The number of thiophene rings is 1. The van der Waals surface area contributed by atoms with Crippen molar-refractivity contribution in [2.75, 3.05) is 0 Å². The van der Waals surface area contributed by atoms with Crippen LogP contribution >= 0.6 is 11.3 Å². The molecular formula is C54H34N6S. The number of rotatable bonds is 8. The van der Waals surface area contributed by atoms with Crippen molar-refractivity contribution in [2.24, 2.45) is 0 Å². The highest BCUT2D eigenvalue weighted by Gasteiger charge is 2.22. The second-order valence-electron chi connectivity index (χ2n) is 14.7. The lowest BCUT2D eigenvalue weighted by atomic mass is 9.90. The number of hydrogen-bond acceptors (Lipinski definition) is 7. The van der Waals surface area contributed by atoms with Crippen molar-refractivity contribution in [2.45, 2.75) is 0 Å². The molecular weight excluding hydrogens is 765 g/mol. The number of aromatic nitrogens is 6. The van der Waals surface area contributed by atoms with Crippen LogP contribution in [-0.4, -0.2) is 29.9 Å². The first-order chi connectivity index (χ1) is 30.2. The fourth-order valence-electron chi connectivity index (χ4n) is 7.83. The van der Waals surface area contributed by atoms with E-state index in [9.17, 15) is 0 Å². The number of hydrogen-bond donors (Lipinski definition) is 0. The molecule has 61 heavy (non-hydrogen) atoms. The predicted octanol–water partition coefficient (Wildman–Crippen LogP) is 13.8. The number of fused-ring (bicyclic) bond motifs is 3. The Hall–Kier alpha value is -8.00. The summed E-state index contributed by atoms with van der Waals surface area (Å²) in [5.41, 5.74) is 9.60. The van der Waals surface area contributed by atoms with E-state index in [-0.39, 0.29) is 0 Å². The van der Waals surface area contributed by atoms with Crippen LogP contribution in [0.1, 0.15) is 0 Å². The highest BCUT2D eigenvalue weighted by molar-refractivity contribution is 7.26. The summed E-state index contributed by atoms with van der Waals surface area (Å²) in [5, 5.41) is 2.39. The fraction of sp³-hybridized carbons (Fsp3) is 0. The summed E-state index contributed by atoms with van der Waals surface area (Å²) in [4.78, 5) is 30.9. The van der Waals surface area contributed by atoms with E-state index < -0.39 is 0 Å². The zero-order valence-electron chi connectivity index (χ0n) is 32.7. The Bertz CT molecular complexity index is 3220. The maximum Gasteiger partial charge on any atom is 0.164 e. The van der Waals surface area contributed by atoms with E-state index in [1.807, 2.05) is 133 Å². The SMILES string of the molecule is c1ccc(-c2cc(-c3ccc(-c4nc(-c5ccccc5)nc(-c5ccccc5)n4)cc3-c3nc(-c4ccccc4)nc(-c4ccccc4)n3)c3c(c2)sc2ccccc23)cc1. The molecule has 3 heterocycles. The van der Waals surface area contributed by atoms with Crippen LogP contribution in [0, 0.1) is 0 Å². The van der Waals surface area contributed by atoms with E-state index in [4.69, 9.17) is 29.9 Å². The van der Waals surface area contributed by atoms with Gasteiger partial charge in [-0.3, -0.25) is 0 Å². The number of nitrogens with zero attached hydrogens (tertiary/aromatic N) is 6. The van der Waals surface area contributed by atoms with Crippen molar-refractivity contribution in [3.8, 4) is 90.6 Å². The van der Waals surface area contributed by atoms with Crippen molar-refractivity contribution in [3.05, 3.63) is 206 Å². The highest BCUT2D eigenvalue weighted by atomic mass is 32.1. The predicted molar refractivity (Wildman–Crippen MR) is 250 cm³/mol. The Kier molecular flexibility index (Phi) is 9.26. The van der Waals surface area contributed by atoms with Crippen LogP contribution in [0.5, 0.6) is 0 Å². The van der Waals surface area contributed by atoms with Crippen molar-refractivity contribution < 1.29 is 0 Å². The van der Waals surface area contributed by atoms with Gasteiger partial charge in [0.25, 0.3) is 0 Å². The molecule has 286 valence electrons. The van der Waals surface area contributed by atoms with Gasteiger partial charge < -0.3 is 0 Å². The summed E-state index contributed by atoms with van der Waals surface area (Å²) >= 11 is 1.81. The van der Waals surface area contributed by atoms with Crippen LogP contribution in [-0.2, 0) is 0 Å². The first kappa shape index (κ1) is 36.1. The summed E-state index contributed by atoms with van der Waals surface area (Å²) in [5.74, 6) is 3.45. The average Bonchev–Trinajstić information content (AvgIpc) is 3.73. The topological polar surface area (TPSA) is 77.3 Å². The molecule has 0 saturated carbocycles. The average molecular weight is 799 g/mol. The molecule has 11 aromatic rings. The van der Waals surface area contributed by atoms with Gasteiger partial charge in [-0.2, -0.15) is 0 Å². The molecule has 8 aromatic carbocycles. The maximum absolute atomic E-state index is 5.29. The van der Waals surface area contributed by atoms with Gasteiger partial charge in [-0.1, -0.05) is 182 Å². The van der Waals surface area contributed by atoms with Crippen LogP contribution < -0.4 is 0 Å². The molecule has 0 radical (unpaired) electrons. The minimum absolute atomic E-state index is 0.544. The zero-order chi connectivity index (χ0) is 40.5. The van der Waals surface area contributed by atoms with Crippen molar-refractivity contribution in [3.63, 3.8) is 0 Å². The molecule has 0 aliphatic rings. The van der Waals surface area contributed by atoms with Gasteiger partial charge in [-0.25, -0.2) is 29.9 Å². The van der Waals surface area contributed by atoms with E-state index >= 15 is 0 Å². The van der Waals surface area contributed by atoms with Gasteiger partial charge in [-0.05, 0) is 46.5 Å². The first-order valence-corrected chi connectivity index (χ1v) is 20.9. The standard InChI is InChI=1S/C54H34N6S/c1-6-18-35(19-7-1)41-33-44(48-43-28-16-17-29-46(43)61-47(48)34-41)42-31-30-40(53-57-49(36-20-8-2-9-21-36)55-50(58-53)37-22-10-3-11-23-37)32-45(42)54-59-51(38-24-12-4-13-25-38)56-52(60-54)39-26-14-5-15-27-39/h1-34H. The van der Waals surface area contributed by atoms with Crippen LogP contribution in [0.2, 0.25) is 0 Å². The third-order valence-electron chi connectivity index (χ3n) is 10.8. The maximum atomic E-state index is 5.29. The molecule has 0 atom stereocenters. The smallest absolute Gasteiger partial charge is 0.164 e. The third-order valence-corrected chi connectivity index (χ3v) is 11.9. The molecule has 0 bridgehead atoms. The third kappa shape index (κ3) is 7.03. The molecule has 0 aliphatic carbocycles. The van der Waals surface area contributed by atoms with E-state index in [1.54, 1.807) is 0 Å². The van der Waals surface area contributed by atoms with Crippen LogP contribution in [0.15, 0.2) is 206 Å². The van der Waals surface area contributed by atoms with E-state index in [0.29, 0.717) is 34.9 Å². The van der Waals surface area contributed by atoms with Gasteiger partial charge in [0.15, 0.2) is 34.9 Å².